The fraction of sp³-hybridized carbons (Fsp3) is 1.00. The molecule has 1 unspecified atom stereocenters. The zero-order valence-corrected chi connectivity index (χ0v) is 8.23. The molecule has 1 heterocycles. The van der Waals surface area contributed by atoms with Crippen LogP contribution in [0.1, 0.15) is 20.3 Å². The third-order valence-electron chi connectivity index (χ3n) is 2.79. The first-order valence-electron chi connectivity index (χ1n) is 4.80. The topological polar surface area (TPSA) is 52.4 Å². The molecule has 0 N–H and O–H groups in total. The lowest BCUT2D eigenvalue weighted by molar-refractivity contribution is -0.491. The summed E-state index contributed by atoms with van der Waals surface area (Å²) in [6.07, 6.45) is 0.983. The van der Waals surface area contributed by atoms with Gasteiger partial charge in [-0.25, -0.2) is 0 Å². The Kier molecular flexibility index (Phi) is 3.66. The maximum atomic E-state index is 10.4. The van der Waals surface area contributed by atoms with E-state index in [0.29, 0.717) is 18.4 Å². The predicted octanol–water partition coefficient (Wildman–Crippen LogP) is 1.57. The molecule has 1 fully saturated rings. The monoisotopic (exact) mass is 187 g/mol. The normalized spacial score (nSPS) is 25.0. The molecule has 1 saturated heterocycles. The van der Waals surface area contributed by atoms with E-state index in [-0.39, 0.29) is 17.4 Å². The highest BCUT2D eigenvalue weighted by molar-refractivity contribution is 4.75. The van der Waals surface area contributed by atoms with Gasteiger partial charge in [0.1, 0.15) is 0 Å². The average Bonchev–Trinajstić information content (AvgIpc) is 2.50. The van der Waals surface area contributed by atoms with E-state index in [2.05, 4.69) is 0 Å². The van der Waals surface area contributed by atoms with Gasteiger partial charge >= 0.3 is 0 Å². The van der Waals surface area contributed by atoms with E-state index in [1.54, 1.807) is 0 Å². The number of nitrogens with zero attached hydrogens (tertiary/aromatic N) is 1. The molecule has 0 spiro atoms. The van der Waals surface area contributed by atoms with Crippen molar-refractivity contribution < 1.29 is 9.66 Å². The lowest BCUT2D eigenvalue weighted by atomic mass is 9.83. The molecule has 76 valence electrons. The lowest BCUT2D eigenvalue weighted by Gasteiger charge is -2.21. The maximum Gasteiger partial charge on any atom is 0.207 e. The van der Waals surface area contributed by atoms with Crippen molar-refractivity contribution in [2.75, 3.05) is 19.8 Å². The van der Waals surface area contributed by atoms with Gasteiger partial charge in [0.05, 0.1) is 0 Å². The first kappa shape index (κ1) is 10.4. The smallest absolute Gasteiger partial charge is 0.207 e. The molecular formula is C9H17NO3. The van der Waals surface area contributed by atoms with Gasteiger partial charge in [0.15, 0.2) is 0 Å². The molecule has 13 heavy (non-hydrogen) atoms. The molecule has 0 saturated carbocycles. The van der Waals surface area contributed by atoms with Crippen molar-refractivity contribution in [2.45, 2.75) is 20.3 Å². The summed E-state index contributed by atoms with van der Waals surface area (Å²) in [4.78, 5) is 10.2. The summed E-state index contributed by atoms with van der Waals surface area (Å²) in [7, 11) is 0. The van der Waals surface area contributed by atoms with Gasteiger partial charge in [-0.2, -0.15) is 0 Å². The Balaban J connectivity index is 2.50. The van der Waals surface area contributed by atoms with Crippen molar-refractivity contribution in [1.82, 2.24) is 0 Å². The SMILES string of the molecule is CC(C)[C@H](C[N+](=O)[O-])C1CCOC1. The summed E-state index contributed by atoms with van der Waals surface area (Å²) in [5, 5.41) is 10.4. The quantitative estimate of drug-likeness (QED) is 0.496. The van der Waals surface area contributed by atoms with Gasteiger partial charge < -0.3 is 4.74 Å². The molecule has 4 nitrogen and oxygen atoms in total. The van der Waals surface area contributed by atoms with Crippen molar-refractivity contribution in [2.24, 2.45) is 17.8 Å². The van der Waals surface area contributed by atoms with Crippen LogP contribution in [0.25, 0.3) is 0 Å². The molecule has 0 radical (unpaired) electrons. The second-order valence-corrected chi connectivity index (χ2v) is 4.05. The van der Waals surface area contributed by atoms with E-state index < -0.39 is 0 Å². The van der Waals surface area contributed by atoms with Crippen LogP contribution < -0.4 is 0 Å². The number of hydrogen-bond donors (Lipinski definition) is 0. The molecule has 0 amide bonds. The van der Waals surface area contributed by atoms with E-state index in [1.165, 1.54) is 0 Å². The van der Waals surface area contributed by atoms with E-state index in [4.69, 9.17) is 4.74 Å². The van der Waals surface area contributed by atoms with Crippen LogP contribution in [-0.4, -0.2) is 24.7 Å². The van der Waals surface area contributed by atoms with Crippen molar-refractivity contribution >= 4 is 0 Å². The van der Waals surface area contributed by atoms with Gasteiger partial charge in [-0.05, 0) is 18.3 Å². The molecule has 4 heteroatoms. The minimum atomic E-state index is -0.205. The summed E-state index contributed by atoms with van der Waals surface area (Å²) in [6.45, 7) is 5.66. The van der Waals surface area contributed by atoms with Gasteiger partial charge in [0, 0.05) is 24.1 Å². The standard InChI is InChI=1S/C9H17NO3/c1-7(2)9(5-10(11)12)8-3-4-13-6-8/h7-9H,3-6H2,1-2H3/t8?,9-/m0/s1. The molecule has 1 aliphatic rings. The van der Waals surface area contributed by atoms with Crippen molar-refractivity contribution in [3.63, 3.8) is 0 Å². The molecule has 1 rings (SSSR count). The summed E-state index contributed by atoms with van der Waals surface area (Å²) >= 11 is 0. The van der Waals surface area contributed by atoms with Crippen molar-refractivity contribution in [3.05, 3.63) is 10.1 Å². The van der Waals surface area contributed by atoms with Crippen LogP contribution in [0.15, 0.2) is 0 Å². The van der Waals surface area contributed by atoms with Crippen LogP contribution in [0.2, 0.25) is 0 Å². The summed E-state index contributed by atoms with van der Waals surface area (Å²) in [6, 6.07) is 0. The Labute approximate surface area is 78.4 Å². The Morgan fingerprint density at radius 3 is 2.69 bits per heavy atom. The maximum absolute atomic E-state index is 10.4. The molecule has 0 aromatic carbocycles. The van der Waals surface area contributed by atoms with Crippen LogP contribution >= 0.6 is 0 Å². The van der Waals surface area contributed by atoms with Crippen LogP contribution in [0, 0.1) is 27.9 Å². The number of hydrogen-bond acceptors (Lipinski definition) is 3. The van der Waals surface area contributed by atoms with Gasteiger partial charge in [-0.1, -0.05) is 13.8 Å². The van der Waals surface area contributed by atoms with E-state index in [9.17, 15) is 10.1 Å². The average molecular weight is 187 g/mol. The predicted molar refractivity (Wildman–Crippen MR) is 49.1 cm³/mol. The zero-order chi connectivity index (χ0) is 9.84. The zero-order valence-electron chi connectivity index (χ0n) is 8.23. The third kappa shape index (κ3) is 2.95. The van der Waals surface area contributed by atoms with Crippen LogP contribution in [-0.2, 0) is 4.74 Å². The van der Waals surface area contributed by atoms with Crippen molar-refractivity contribution in [1.29, 1.82) is 0 Å². The minimum absolute atomic E-state index is 0.0890. The Morgan fingerprint density at radius 2 is 2.31 bits per heavy atom. The van der Waals surface area contributed by atoms with Crippen LogP contribution in [0.3, 0.4) is 0 Å². The summed E-state index contributed by atoms with van der Waals surface area (Å²) in [5.74, 6) is 0.944. The van der Waals surface area contributed by atoms with Crippen LogP contribution in [0.4, 0.5) is 0 Å². The molecular weight excluding hydrogens is 170 g/mol. The Morgan fingerprint density at radius 1 is 1.62 bits per heavy atom. The highest BCUT2D eigenvalue weighted by Gasteiger charge is 2.31. The highest BCUT2D eigenvalue weighted by atomic mass is 16.6. The summed E-state index contributed by atoms with van der Waals surface area (Å²) in [5.41, 5.74) is 0. The molecule has 0 aromatic rings. The second kappa shape index (κ2) is 4.56. The fourth-order valence-electron chi connectivity index (χ4n) is 1.97. The van der Waals surface area contributed by atoms with E-state index in [1.807, 2.05) is 13.8 Å². The molecule has 0 aliphatic carbocycles. The largest absolute Gasteiger partial charge is 0.381 e. The van der Waals surface area contributed by atoms with Crippen molar-refractivity contribution in [3.8, 4) is 0 Å². The minimum Gasteiger partial charge on any atom is -0.381 e. The Bertz CT molecular complexity index is 176. The van der Waals surface area contributed by atoms with Gasteiger partial charge in [-0.3, -0.25) is 10.1 Å². The van der Waals surface area contributed by atoms with E-state index >= 15 is 0 Å². The summed E-state index contributed by atoms with van der Waals surface area (Å²) < 4.78 is 5.25. The van der Waals surface area contributed by atoms with Crippen LogP contribution in [0.5, 0.6) is 0 Å². The fourth-order valence-corrected chi connectivity index (χ4v) is 1.97. The number of rotatable bonds is 4. The molecule has 0 bridgehead atoms. The van der Waals surface area contributed by atoms with E-state index in [0.717, 1.165) is 13.0 Å². The Hall–Kier alpha value is -0.640. The van der Waals surface area contributed by atoms with Gasteiger partial charge in [0.2, 0.25) is 6.54 Å². The van der Waals surface area contributed by atoms with Gasteiger partial charge in [0.25, 0.3) is 0 Å². The second-order valence-electron chi connectivity index (χ2n) is 4.05. The molecule has 2 atom stereocenters. The highest BCUT2D eigenvalue weighted by Crippen LogP contribution is 2.28. The molecule has 1 aliphatic heterocycles. The lowest BCUT2D eigenvalue weighted by Crippen LogP contribution is -2.27. The third-order valence-corrected chi connectivity index (χ3v) is 2.79. The first-order valence-corrected chi connectivity index (χ1v) is 4.80. The van der Waals surface area contributed by atoms with Gasteiger partial charge in [-0.15, -0.1) is 0 Å². The molecule has 0 aromatic heterocycles. The number of nitro groups is 1. The number of ether oxygens (including phenoxy) is 1. The first-order chi connectivity index (χ1) is 6.11.